The molecule has 0 aliphatic rings. The van der Waals surface area contributed by atoms with Crippen LogP contribution in [0.4, 0.5) is 0 Å². The van der Waals surface area contributed by atoms with Gasteiger partial charge in [0.05, 0.1) is 7.11 Å². The van der Waals surface area contributed by atoms with Crippen LogP contribution in [0.25, 0.3) is 0 Å². The summed E-state index contributed by atoms with van der Waals surface area (Å²) >= 11 is 0. The monoisotopic (exact) mass is 324 g/mol. The molecule has 0 aromatic carbocycles. The molecule has 0 radical (unpaired) electrons. The van der Waals surface area contributed by atoms with Crippen LogP contribution < -0.4 is 0 Å². The zero-order valence-electron chi connectivity index (χ0n) is 14.6. The molecule has 132 valence electrons. The van der Waals surface area contributed by atoms with Crippen molar-refractivity contribution in [2.45, 2.75) is 70.8 Å². The van der Waals surface area contributed by atoms with Gasteiger partial charge >= 0.3 is 5.97 Å². The molecule has 4 heteroatoms. The Balaban J connectivity index is 3.56. The molecule has 1 atom stereocenters. The lowest BCUT2D eigenvalue weighted by Gasteiger charge is -2.04. The minimum Gasteiger partial charge on any atom is -0.469 e. The number of rotatable bonds is 14. The van der Waals surface area contributed by atoms with E-state index in [0.717, 1.165) is 38.5 Å². The van der Waals surface area contributed by atoms with E-state index in [1.165, 1.54) is 13.5 Å². The third-order valence-electron chi connectivity index (χ3n) is 3.46. The molecule has 4 nitrogen and oxygen atoms in total. The quantitative estimate of drug-likeness (QED) is 0.119. The summed E-state index contributed by atoms with van der Waals surface area (Å²) in [4.78, 5) is 15.4. The van der Waals surface area contributed by atoms with Gasteiger partial charge < -0.3 is 4.74 Å². The zero-order chi connectivity index (χ0) is 17.2. The van der Waals surface area contributed by atoms with Crippen LogP contribution in [0, 0.1) is 0 Å². The van der Waals surface area contributed by atoms with Gasteiger partial charge in [0.1, 0.15) is 6.10 Å². The van der Waals surface area contributed by atoms with Gasteiger partial charge in [0, 0.05) is 6.42 Å². The van der Waals surface area contributed by atoms with Gasteiger partial charge in [0.15, 0.2) is 0 Å². The molecule has 0 aromatic rings. The normalized spacial score (nSPS) is 13.3. The minimum atomic E-state index is -0.286. The van der Waals surface area contributed by atoms with Crippen LogP contribution in [0.1, 0.15) is 64.7 Å². The minimum absolute atomic E-state index is 0.118. The Morgan fingerprint density at radius 2 is 1.78 bits per heavy atom. The van der Waals surface area contributed by atoms with E-state index in [2.05, 4.69) is 22.6 Å². The van der Waals surface area contributed by atoms with Crippen molar-refractivity contribution in [3.8, 4) is 0 Å². The Bertz CT molecular complexity index is 358. The van der Waals surface area contributed by atoms with Gasteiger partial charge in [-0.05, 0) is 32.1 Å². The highest BCUT2D eigenvalue weighted by Gasteiger charge is 2.00. The van der Waals surface area contributed by atoms with Crippen molar-refractivity contribution in [3.63, 3.8) is 0 Å². The van der Waals surface area contributed by atoms with E-state index in [4.69, 9.17) is 5.26 Å². The largest absolute Gasteiger partial charge is 0.469 e. The van der Waals surface area contributed by atoms with Crippen LogP contribution in [0.15, 0.2) is 36.5 Å². The summed E-state index contributed by atoms with van der Waals surface area (Å²) in [5, 5.41) is 8.82. The third-order valence-corrected chi connectivity index (χ3v) is 3.46. The van der Waals surface area contributed by atoms with Crippen molar-refractivity contribution < 1.29 is 19.7 Å². The maximum atomic E-state index is 10.9. The first kappa shape index (κ1) is 21.6. The summed E-state index contributed by atoms with van der Waals surface area (Å²) in [5.74, 6) is -0.118. The number of unbranched alkanes of at least 4 members (excludes halogenated alkanes) is 5. The fourth-order valence-corrected chi connectivity index (χ4v) is 2.07. The Morgan fingerprint density at radius 3 is 2.48 bits per heavy atom. The molecule has 0 aromatic heterocycles. The molecular weight excluding hydrogens is 292 g/mol. The summed E-state index contributed by atoms with van der Waals surface area (Å²) in [6, 6.07) is 0. The second kappa shape index (κ2) is 17.0. The molecule has 0 aliphatic heterocycles. The lowest BCUT2D eigenvalue weighted by molar-refractivity contribution is -0.264. The predicted octanol–water partition coefficient (Wildman–Crippen LogP) is 5.22. The smallest absolute Gasteiger partial charge is 0.305 e. The van der Waals surface area contributed by atoms with E-state index < -0.39 is 0 Å². The van der Waals surface area contributed by atoms with Crippen molar-refractivity contribution in [2.75, 3.05) is 7.11 Å². The first-order valence-electron chi connectivity index (χ1n) is 8.60. The molecule has 0 saturated heterocycles. The van der Waals surface area contributed by atoms with E-state index in [-0.39, 0.29) is 12.1 Å². The van der Waals surface area contributed by atoms with E-state index >= 15 is 0 Å². The number of ether oxygens (including phenoxy) is 1. The molecule has 0 aliphatic carbocycles. The maximum Gasteiger partial charge on any atom is 0.305 e. The molecule has 0 rings (SSSR count). The molecule has 0 heterocycles. The van der Waals surface area contributed by atoms with E-state index in [1.807, 2.05) is 30.4 Å². The van der Waals surface area contributed by atoms with Gasteiger partial charge in [0.2, 0.25) is 0 Å². The van der Waals surface area contributed by atoms with Crippen LogP contribution in [-0.2, 0) is 14.4 Å². The Morgan fingerprint density at radius 1 is 1.04 bits per heavy atom. The number of carbonyl (C=O) groups is 1. The maximum absolute atomic E-state index is 10.9. The number of hydrogen-bond donors (Lipinski definition) is 1. The number of hydrogen-bond acceptors (Lipinski definition) is 4. The average Bonchev–Trinajstić information content (AvgIpc) is 2.57. The second-order valence-electron chi connectivity index (χ2n) is 5.45. The first-order valence-corrected chi connectivity index (χ1v) is 8.60. The van der Waals surface area contributed by atoms with Crippen molar-refractivity contribution in [2.24, 2.45) is 0 Å². The SMILES string of the molecule is CCC=CC=CC(CC=CCCCCCCCC(=O)OC)OO. The molecule has 0 saturated carbocycles. The summed E-state index contributed by atoms with van der Waals surface area (Å²) in [6.07, 6.45) is 20.3. The predicted molar refractivity (Wildman–Crippen MR) is 94.2 cm³/mol. The van der Waals surface area contributed by atoms with Gasteiger partial charge in [-0.25, -0.2) is 4.89 Å². The highest BCUT2D eigenvalue weighted by molar-refractivity contribution is 5.68. The van der Waals surface area contributed by atoms with E-state index in [9.17, 15) is 4.79 Å². The molecule has 0 fully saturated rings. The zero-order valence-corrected chi connectivity index (χ0v) is 14.6. The highest BCUT2D eigenvalue weighted by atomic mass is 17.1. The van der Waals surface area contributed by atoms with Gasteiger partial charge in [-0.15, -0.1) is 0 Å². The highest BCUT2D eigenvalue weighted by Crippen LogP contribution is 2.09. The van der Waals surface area contributed by atoms with Gasteiger partial charge in [-0.1, -0.05) is 62.6 Å². The molecule has 0 amide bonds. The first-order chi connectivity index (χ1) is 11.2. The Labute approximate surface area is 140 Å². The van der Waals surface area contributed by atoms with Crippen LogP contribution >= 0.6 is 0 Å². The van der Waals surface area contributed by atoms with Gasteiger partial charge in [-0.3, -0.25) is 10.1 Å². The molecule has 0 bridgehead atoms. The van der Waals surface area contributed by atoms with Crippen molar-refractivity contribution in [1.82, 2.24) is 0 Å². The summed E-state index contributed by atoms with van der Waals surface area (Å²) < 4.78 is 4.60. The second-order valence-corrected chi connectivity index (χ2v) is 5.45. The van der Waals surface area contributed by atoms with E-state index in [1.54, 1.807) is 0 Å². The lowest BCUT2D eigenvalue weighted by Crippen LogP contribution is -2.04. The molecule has 0 spiro atoms. The Hall–Kier alpha value is -1.39. The Kier molecular flexibility index (Phi) is 15.9. The molecular formula is C19H32O4. The van der Waals surface area contributed by atoms with Crippen molar-refractivity contribution >= 4 is 5.97 Å². The number of carbonyl (C=O) groups excluding carboxylic acids is 1. The van der Waals surface area contributed by atoms with Gasteiger partial charge in [-0.2, -0.15) is 0 Å². The van der Waals surface area contributed by atoms with Gasteiger partial charge in [0.25, 0.3) is 0 Å². The van der Waals surface area contributed by atoms with Crippen molar-refractivity contribution in [3.05, 3.63) is 36.5 Å². The van der Waals surface area contributed by atoms with Crippen LogP contribution in [0.3, 0.4) is 0 Å². The van der Waals surface area contributed by atoms with Crippen LogP contribution in [-0.4, -0.2) is 24.4 Å². The number of allylic oxidation sites excluding steroid dienone is 4. The average molecular weight is 324 g/mol. The number of esters is 1. The summed E-state index contributed by atoms with van der Waals surface area (Å²) in [7, 11) is 1.43. The number of methoxy groups -OCH3 is 1. The van der Waals surface area contributed by atoms with Crippen LogP contribution in [0.2, 0.25) is 0 Å². The standard InChI is InChI=1S/C19H32O4/c1-3-4-5-12-15-18(23-21)16-13-10-8-6-7-9-11-14-17-19(20)22-2/h4-5,10,12-13,15,18,21H,3,6-9,11,14,16-17H2,1-2H3. The molecule has 1 unspecified atom stereocenters. The molecule has 1 N–H and O–H groups in total. The topological polar surface area (TPSA) is 55.8 Å². The van der Waals surface area contributed by atoms with Crippen molar-refractivity contribution in [1.29, 1.82) is 0 Å². The van der Waals surface area contributed by atoms with E-state index in [0.29, 0.717) is 12.8 Å². The summed E-state index contributed by atoms with van der Waals surface area (Å²) in [6.45, 7) is 2.08. The molecule has 23 heavy (non-hydrogen) atoms. The third kappa shape index (κ3) is 15.3. The lowest BCUT2D eigenvalue weighted by atomic mass is 10.1. The fraction of sp³-hybridized carbons (Fsp3) is 0.632. The fourth-order valence-electron chi connectivity index (χ4n) is 2.07. The van der Waals surface area contributed by atoms with Crippen LogP contribution in [0.5, 0.6) is 0 Å². The summed E-state index contributed by atoms with van der Waals surface area (Å²) in [5.41, 5.74) is 0.